The first-order valence-corrected chi connectivity index (χ1v) is 12.8. The number of aliphatic hydroxyl groups excluding tert-OH is 1. The number of aromatic nitrogens is 2. The monoisotopic (exact) mass is 465 g/mol. The Hall–Kier alpha value is -2.80. The lowest BCUT2D eigenvalue weighted by Crippen LogP contribution is -2.28. The zero-order valence-corrected chi connectivity index (χ0v) is 21.3. The van der Waals surface area contributed by atoms with Crippen LogP contribution in [-0.2, 0) is 6.42 Å². The first-order valence-electron chi connectivity index (χ1n) is 12.8. The van der Waals surface area contributed by atoms with Crippen LogP contribution in [-0.4, -0.2) is 45.9 Å². The van der Waals surface area contributed by atoms with Gasteiger partial charge in [0.15, 0.2) is 5.82 Å². The summed E-state index contributed by atoms with van der Waals surface area (Å²) in [4.78, 5) is 25.5. The standard InChI is InChI=1S/C27H39N5O2/c1-6-10-12-20(8-3)25-23(11-7-2)27(34)32-26(29-25)24(19(5)30-32)28-21-13-15-22(16-14-21)31(9-4)17-18-33/h13-16,20,33H,6-12,17-18H2,1-5H3. The lowest BCUT2D eigenvalue weighted by Gasteiger charge is -2.21. The van der Waals surface area contributed by atoms with Gasteiger partial charge < -0.3 is 10.0 Å². The van der Waals surface area contributed by atoms with E-state index in [4.69, 9.17) is 9.98 Å². The third-order valence-corrected chi connectivity index (χ3v) is 6.48. The third kappa shape index (κ3) is 5.46. The van der Waals surface area contributed by atoms with Crippen molar-refractivity contribution in [2.75, 3.05) is 24.6 Å². The van der Waals surface area contributed by atoms with E-state index in [1.54, 1.807) is 0 Å². The molecule has 1 aliphatic heterocycles. The van der Waals surface area contributed by atoms with Crippen LogP contribution in [0.25, 0.3) is 0 Å². The van der Waals surface area contributed by atoms with Crippen LogP contribution in [0.5, 0.6) is 0 Å². The van der Waals surface area contributed by atoms with E-state index in [-0.39, 0.29) is 18.1 Å². The van der Waals surface area contributed by atoms with Gasteiger partial charge in [-0.15, -0.1) is 0 Å². The second kappa shape index (κ2) is 12.1. The average molecular weight is 466 g/mol. The van der Waals surface area contributed by atoms with E-state index in [1.165, 1.54) is 4.68 Å². The summed E-state index contributed by atoms with van der Waals surface area (Å²) in [6.07, 6.45) is 5.86. The summed E-state index contributed by atoms with van der Waals surface area (Å²) in [6, 6.07) is 7.93. The molecule has 0 bridgehead atoms. The van der Waals surface area contributed by atoms with E-state index in [9.17, 15) is 9.90 Å². The molecule has 0 saturated carbocycles. The smallest absolute Gasteiger partial charge is 0.277 e. The number of anilines is 1. The first kappa shape index (κ1) is 25.8. The lowest BCUT2D eigenvalue weighted by atomic mass is 9.91. The molecule has 1 unspecified atom stereocenters. The maximum absolute atomic E-state index is 13.5. The summed E-state index contributed by atoms with van der Waals surface area (Å²) in [5.74, 6) is 0.819. The zero-order chi connectivity index (χ0) is 24.7. The highest BCUT2D eigenvalue weighted by atomic mass is 16.3. The van der Waals surface area contributed by atoms with Crippen LogP contribution < -0.4 is 10.5 Å². The molecule has 7 nitrogen and oxygen atoms in total. The molecule has 1 N–H and O–H groups in total. The van der Waals surface area contributed by atoms with Crippen molar-refractivity contribution < 1.29 is 5.11 Å². The van der Waals surface area contributed by atoms with Crippen molar-refractivity contribution in [3.8, 4) is 0 Å². The number of benzene rings is 1. The molecular formula is C27H39N5O2. The molecule has 0 spiro atoms. The number of rotatable bonds is 12. The van der Waals surface area contributed by atoms with E-state index in [0.717, 1.165) is 61.3 Å². The number of fused-ring (bicyclic) bond motifs is 1. The fourth-order valence-corrected chi connectivity index (χ4v) is 4.56. The van der Waals surface area contributed by atoms with Gasteiger partial charge in [0, 0.05) is 30.3 Å². The second-order valence-electron chi connectivity index (χ2n) is 8.88. The molecule has 0 amide bonds. The van der Waals surface area contributed by atoms with E-state index in [0.29, 0.717) is 30.2 Å². The molecule has 3 rings (SSSR count). The van der Waals surface area contributed by atoms with Crippen molar-refractivity contribution in [1.29, 1.82) is 0 Å². The normalized spacial score (nSPS) is 14.9. The van der Waals surface area contributed by atoms with Crippen LogP contribution >= 0.6 is 0 Å². The SMILES string of the molecule is CCCCC(CC)c1nc2n(c(=O)c1CCC)N=C(C)C2=Nc1ccc(N(CC)CCO)cc1. The molecule has 1 aromatic heterocycles. The summed E-state index contributed by atoms with van der Waals surface area (Å²) in [7, 11) is 0. The molecule has 1 aromatic carbocycles. The van der Waals surface area contributed by atoms with Gasteiger partial charge in [0.25, 0.3) is 5.56 Å². The van der Waals surface area contributed by atoms with Crippen molar-refractivity contribution in [2.24, 2.45) is 10.1 Å². The largest absolute Gasteiger partial charge is 0.395 e. The predicted octanol–water partition coefficient (Wildman–Crippen LogP) is 5.06. The second-order valence-corrected chi connectivity index (χ2v) is 8.88. The van der Waals surface area contributed by atoms with Gasteiger partial charge in [-0.1, -0.05) is 40.0 Å². The zero-order valence-electron chi connectivity index (χ0n) is 21.3. The van der Waals surface area contributed by atoms with Gasteiger partial charge in [-0.3, -0.25) is 4.79 Å². The van der Waals surface area contributed by atoms with E-state index >= 15 is 0 Å². The van der Waals surface area contributed by atoms with Crippen molar-refractivity contribution in [2.45, 2.75) is 79.1 Å². The third-order valence-electron chi connectivity index (χ3n) is 6.48. The van der Waals surface area contributed by atoms with Crippen molar-refractivity contribution in [3.05, 3.63) is 51.7 Å². The summed E-state index contributed by atoms with van der Waals surface area (Å²) in [6.45, 7) is 11.9. The van der Waals surface area contributed by atoms with Gasteiger partial charge in [-0.2, -0.15) is 9.78 Å². The number of likely N-dealkylation sites (N-methyl/N-ethyl adjacent to an activating group) is 1. The molecule has 2 aromatic rings. The highest BCUT2D eigenvalue weighted by Crippen LogP contribution is 2.28. The molecule has 2 heterocycles. The van der Waals surface area contributed by atoms with E-state index in [2.05, 4.69) is 37.7 Å². The summed E-state index contributed by atoms with van der Waals surface area (Å²) in [5, 5.41) is 13.8. The maximum atomic E-state index is 13.5. The van der Waals surface area contributed by atoms with Gasteiger partial charge in [-0.05, 0) is 57.4 Å². The number of aliphatic imine (C=N–C) groups is 1. The van der Waals surface area contributed by atoms with Crippen LogP contribution in [0.15, 0.2) is 39.2 Å². The van der Waals surface area contributed by atoms with Gasteiger partial charge in [-0.25, -0.2) is 9.98 Å². The topological polar surface area (TPSA) is 83.1 Å². The Morgan fingerprint density at radius 3 is 2.44 bits per heavy atom. The Morgan fingerprint density at radius 1 is 1.12 bits per heavy atom. The molecular weight excluding hydrogens is 426 g/mol. The Balaban J connectivity index is 2.05. The van der Waals surface area contributed by atoms with Crippen LogP contribution in [0.2, 0.25) is 0 Å². The minimum absolute atomic E-state index is 0.0562. The lowest BCUT2D eigenvalue weighted by molar-refractivity contribution is 0.302. The molecule has 1 atom stereocenters. The number of hydrogen-bond acceptors (Lipinski definition) is 6. The molecule has 0 aliphatic carbocycles. The first-order chi connectivity index (χ1) is 16.5. The van der Waals surface area contributed by atoms with Crippen molar-refractivity contribution in [1.82, 2.24) is 9.66 Å². The maximum Gasteiger partial charge on any atom is 0.277 e. The average Bonchev–Trinajstić information content (AvgIpc) is 3.16. The Kier molecular flexibility index (Phi) is 9.16. The van der Waals surface area contributed by atoms with E-state index < -0.39 is 0 Å². The summed E-state index contributed by atoms with van der Waals surface area (Å²) < 4.78 is 1.45. The highest BCUT2D eigenvalue weighted by molar-refractivity contribution is 6.48. The molecule has 0 fully saturated rings. The predicted molar refractivity (Wildman–Crippen MR) is 141 cm³/mol. The molecule has 34 heavy (non-hydrogen) atoms. The number of aliphatic hydroxyl groups is 1. The van der Waals surface area contributed by atoms with Gasteiger partial charge in [0.2, 0.25) is 0 Å². The fourth-order valence-electron chi connectivity index (χ4n) is 4.56. The van der Waals surface area contributed by atoms with Crippen LogP contribution in [0.3, 0.4) is 0 Å². The van der Waals surface area contributed by atoms with Crippen molar-refractivity contribution in [3.63, 3.8) is 0 Å². The van der Waals surface area contributed by atoms with Crippen LogP contribution in [0, 0.1) is 0 Å². The van der Waals surface area contributed by atoms with Gasteiger partial charge in [0.05, 0.1) is 23.7 Å². The number of nitrogens with zero attached hydrogens (tertiary/aromatic N) is 5. The Bertz CT molecular complexity index is 1090. The fraction of sp³-hybridized carbons (Fsp3) is 0.556. The van der Waals surface area contributed by atoms with Gasteiger partial charge in [0.1, 0.15) is 5.71 Å². The molecule has 1 aliphatic rings. The number of unbranched alkanes of at least 4 members (excludes halogenated alkanes) is 1. The molecule has 0 radical (unpaired) electrons. The molecule has 7 heteroatoms. The minimum atomic E-state index is -0.0562. The summed E-state index contributed by atoms with van der Waals surface area (Å²) in [5.41, 5.74) is 4.87. The van der Waals surface area contributed by atoms with Crippen molar-refractivity contribution >= 4 is 22.8 Å². The molecule has 0 saturated heterocycles. The van der Waals surface area contributed by atoms with E-state index in [1.807, 2.05) is 31.2 Å². The molecule has 184 valence electrons. The summed E-state index contributed by atoms with van der Waals surface area (Å²) >= 11 is 0. The Labute approximate surface area is 203 Å². The quantitative estimate of drug-likeness (QED) is 0.475. The Morgan fingerprint density at radius 2 is 1.85 bits per heavy atom. The number of hydrogen-bond donors (Lipinski definition) is 1. The van der Waals surface area contributed by atoms with Crippen LogP contribution in [0.4, 0.5) is 11.4 Å². The highest BCUT2D eigenvalue weighted by Gasteiger charge is 2.28. The minimum Gasteiger partial charge on any atom is -0.395 e. The van der Waals surface area contributed by atoms with Gasteiger partial charge >= 0.3 is 0 Å². The van der Waals surface area contributed by atoms with Crippen LogP contribution in [0.1, 0.15) is 89.7 Å².